The second-order valence-electron chi connectivity index (χ2n) is 10.8. The van der Waals surface area contributed by atoms with E-state index in [0.717, 1.165) is 6.07 Å². The van der Waals surface area contributed by atoms with E-state index < -0.39 is 85.0 Å². The van der Waals surface area contributed by atoms with E-state index in [1.54, 1.807) is 6.07 Å². The number of aliphatic hydroxyl groups is 7. The molecule has 5 rings (SSSR count). The van der Waals surface area contributed by atoms with Gasteiger partial charge in [0.1, 0.15) is 83.9 Å². The maximum atomic E-state index is 12.9. The average Bonchev–Trinajstić information content (AvgIpc) is 2.97. The molecule has 3 aliphatic heterocycles. The molecular weight excluding hydrogens is 576 g/mol. The van der Waals surface area contributed by atoms with Gasteiger partial charge in [0.25, 0.3) is 0 Å². The van der Waals surface area contributed by atoms with Gasteiger partial charge in [-0.2, -0.15) is 0 Å². The molecule has 1 unspecified atom stereocenters. The van der Waals surface area contributed by atoms with E-state index in [2.05, 4.69) is 0 Å². The zero-order valence-corrected chi connectivity index (χ0v) is 23.0. The summed E-state index contributed by atoms with van der Waals surface area (Å²) in [6.45, 7) is 1.39. The maximum absolute atomic E-state index is 12.9. The van der Waals surface area contributed by atoms with Gasteiger partial charge in [0, 0.05) is 12.1 Å². The summed E-state index contributed by atoms with van der Waals surface area (Å²) in [7, 11) is 1.38. The Morgan fingerprint density at radius 2 is 1.49 bits per heavy atom. The number of ketones is 1. The van der Waals surface area contributed by atoms with Crippen LogP contribution in [0.25, 0.3) is 0 Å². The number of Topliss-reactive ketones (excluding diaryl/α,β-unsaturated/α-hetero) is 1. The SMILES string of the molecule is COc1ccc([C@@H]2CC(=O)c3c(O)cc(O[C@@H]4O[C@H](C(O)[C@@H]5O[C@H](C)[C@@H](O)[C@H](O)[C@@H]5O)[C@@H](O)[C@H](O)[C@H]4O)cc3O2)cc1O. The third kappa shape index (κ3) is 5.71. The lowest BCUT2D eigenvalue weighted by Gasteiger charge is -2.46. The third-order valence-electron chi connectivity index (χ3n) is 7.97. The van der Waals surface area contributed by atoms with Crippen LogP contribution in [0.3, 0.4) is 0 Å². The van der Waals surface area contributed by atoms with Crippen molar-refractivity contribution in [1.82, 2.24) is 0 Å². The van der Waals surface area contributed by atoms with Crippen molar-refractivity contribution in [3.8, 4) is 28.7 Å². The second-order valence-corrected chi connectivity index (χ2v) is 10.8. The summed E-state index contributed by atoms with van der Waals surface area (Å²) in [5.74, 6) is -1.22. The fourth-order valence-corrected chi connectivity index (χ4v) is 5.52. The highest BCUT2D eigenvalue weighted by atomic mass is 16.7. The first-order valence-corrected chi connectivity index (χ1v) is 13.5. The van der Waals surface area contributed by atoms with Gasteiger partial charge < -0.3 is 69.6 Å². The van der Waals surface area contributed by atoms with Crippen LogP contribution in [-0.4, -0.2) is 126 Å². The molecule has 0 amide bonds. The predicted molar refractivity (Wildman–Crippen MR) is 141 cm³/mol. The summed E-state index contributed by atoms with van der Waals surface area (Å²) in [4.78, 5) is 12.9. The molecule has 2 aromatic rings. The molecule has 2 saturated heterocycles. The lowest BCUT2D eigenvalue weighted by molar-refractivity contribution is -0.311. The zero-order valence-electron chi connectivity index (χ0n) is 23.0. The Kier molecular flexibility index (Phi) is 8.72. The zero-order chi connectivity index (χ0) is 31.3. The molecular formula is C28H34O15. The van der Waals surface area contributed by atoms with E-state index in [1.807, 2.05) is 0 Å². The van der Waals surface area contributed by atoms with Gasteiger partial charge in [0.05, 0.1) is 19.6 Å². The summed E-state index contributed by atoms with van der Waals surface area (Å²) in [6, 6.07) is 6.75. The van der Waals surface area contributed by atoms with Crippen molar-refractivity contribution in [3.63, 3.8) is 0 Å². The Balaban J connectivity index is 1.37. The van der Waals surface area contributed by atoms with E-state index >= 15 is 0 Å². The topological polar surface area (TPSA) is 245 Å². The normalized spacial score (nSPS) is 36.8. The van der Waals surface area contributed by atoms with Gasteiger partial charge in [-0.1, -0.05) is 6.07 Å². The number of phenolic OH excluding ortho intramolecular Hbond substituents is 2. The average molecular weight is 611 g/mol. The van der Waals surface area contributed by atoms with Crippen LogP contribution in [0.5, 0.6) is 28.7 Å². The van der Waals surface area contributed by atoms with Gasteiger partial charge in [0.15, 0.2) is 17.3 Å². The van der Waals surface area contributed by atoms with Crippen molar-refractivity contribution < 1.29 is 74.4 Å². The fraction of sp³-hybridized carbons (Fsp3) is 0.536. The highest BCUT2D eigenvalue weighted by Gasteiger charge is 2.53. The molecule has 3 aliphatic rings. The lowest BCUT2D eigenvalue weighted by Crippen LogP contribution is -2.67. The minimum absolute atomic E-state index is 0.0886. The monoisotopic (exact) mass is 610 g/mol. The van der Waals surface area contributed by atoms with Crippen LogP contribution in [0.2, 0.25) is 0 Å². The lowest BCUT2D eigenvalue weighted by atomic mass is 9.87. The van der Waals surface area contributed by atoms with Gasteiger partial charge in [0.2, 0.25) is 6.29 Å². The van der Waals surface area contributed by atoms with Crippen molar-refractivity contribution in [2.24, 2.45) is 0 Å². The standard InChI is InChI=1S/C28H34O15/c1-9-19(32)20(33)22(35)26(40-9)25(38)27-23(36)21(34)24(37)28(43-27)41-11-6-13(30)18-14(31)8-16(42-17(18)7-11)10-3-4-15(39-2)12(29)5-10/h3-7,9,16,19-30,32-38H,8H2,1-2H3/t9-,16+,19-,20+,21+,22+,23+,24-,25?,26-,27+,28-/m1/s1. The Hall–Kier alpha value is -3.25. The van der Waals surface area contributed by atoms with Crippen molar-refractivity contribution in [2.45, 2.75) is 86.8 Å². The van der Waals surface area contributed by atoms with E-state index in [9.17, 15) is 50.8 Å². The number of methoxy groups -OCH3 is 1. The van der Waals surface area contributed by atoms with Gasteiger partial charge >= 0.3 is 0 Å². The molecule has 0 aliphatic carbocycles. The fourth-order valence-electron chi connectivity index (χ4n) is 5.52. The number of fused-ring (bicyclic) bond motifs is 1. The number of ether oxygens (including phenoxy) is 5. The maximum Gasteiger partial charge on any atom is 0.229 e. The van der Waals surface area contributed by atoms with Gasteiger partial charge in [-0.15, -0.1) is 0 Å². The van der Waals surface area contributed by atoms with E-state index in [0.29, 0.717) is 5.56 Å². The highest BCUT2D eigenvalue weighted by Crippen LogP contribution is 2.43. The van der Waals surface area contributed by atoms with Crippen LogP contribution in [-0.2, 0) is 9.47 Å². The van der Waals surface area contributed by atoms with Crippen LogP contribution < -0.4 is 14.2 Å². The molecule has 12 atom stereocenters. The Morgan fingerprint density at radius 3 is 2.14 bits per heavy atom. The molecule has 2 aromatic carbocycles. The first kappa shape index (κ1) is 31.2. The molecule has 0 saturated carbocycles. The smallest absolute Gasteiger partial charge is 0.229 e. The summed E-state index contributed by atoms with van der Waals surface area (Å²) in [5, 5.41) is 93.8. The molecule has 43 heavy (non-hydrogen) atoms. The highest BCUT2D eigenvalue weighted by molar-refractivity contribution is 6.02. The van der Waals surface area contributed by atoms with E-state index in [4.69, 9.17) is 23.7 Å². The number of aromatic hydroxyl groups is 2. The summed E-state index contributed by atoms with van der Waals surface area (Å²) < 4.78 is 27.6. The van der Waals surface area contributed by atoms with Crippen LogP contribution >= 0.6 is 0 Å². The first-order valence-electron chi connectivity index (χ1n) is 13.5. The number of rotatable bonds is 6. The van der Waals surface area contributed by atoms with Crippen molar-refractivity contribution in [2.75, 3.05) is 7.11 Å². The van der Waals surface area contributed by atoms with Crippen molar-refractivity contribution in [1.29, 1.82) is 0 Å². The number of carbonyl (C=O) groups is 1. The summed E-state index contributed by atoms with van der Waals surface area (Å²) >= 11 is 0. The molecule has 2 fully saturated rings. The van der Waals surface area contributed by atoms with Crippen LogP contribution in [0, 0.1) is 0 Å². The number of hydrogen-bond donors (Lipinski definition) is 9. The molecule has 15 nitrogen and oxygen atoms in total. The quantitative estimate of drug-likeness (QED) is 0.176. The van der Waals surface area contributed by atoms with Crippen LogP contribution in [0.15, 0.2) is 30.3 Å². The number of phenols is 2. The molecule has 9 N–H and O–H groups in total. The van der Waals surface area contributed by atoms with Crippen molar-refractivity contribution in [3.05, 3.63) is 41.5 Å². The molecule has 3 heterocycles. The Bertz CT molecular complexity index is 1340. The van der Waals surface area contributed by atoms with Crippen LogP contribution in [0.1, 0.15) is 35.4 Å². The summed E-state index contributed by atoms with van der Waals surface area (Å²) in [6.07, 6.45) is -19.6. The molecule has 0 radical (unpaired) electrons. The number of carbonyl (C=O) groups excluding carboxylic acids is 1. The minimum Gasteiger partial charge on any atom is -0.507 e. The van der Waals surface area contributed by atoms with Gasteiger partial charge in [-0.25, -0.2) is 0 Å². The predicted octanol–water partition coefficient (Wildman–Crippen LogP) is -1.77. The van der Waals surface area contributed by atoms with Crippen molar-refractivity contribution >= 4 is 5.78 Å². The van der Waals surface area contributed by atoms with Gasteiger partial charge in [-0.3, -0.25) is 4.79 Å². The largest absolute Gasteiger partial charge is 0.507 e. The molecule has 0 bridgehead atoms. The minimum atomic E-state index is -1.93. The first-order chi connectivity index (χ1) is 20.3. The van der Waals surface area contributed by atoms with Crippen LogP contribution in [0.4, 0.5) is 0 Å². The number of benzene rings is 2. The Labute approximate surface area is 244 Å². The third-order valence-corrected chi connectivity index (χ3v) is 7.97. The van der Waals surface area contributed by atoms with E-state index in [-0.39, 0.29) is 35.0 Å². The molecule has 0 spiro atoms. The molecule has 236 valence electrons. The summed E-state index contributed by atoms with van der Waals surface area (Å²) in [5.41, 5.74) is 0.315. The second kappa shape index (κ2) is 12.0. The molecule has 15 heteroatoms. The van der Waals surface area contributed by atoms with E-state index in [1.165, 1.54) is 32.2 Å². The Morgan fingerprint density at radius 1 is 0.837 bits per heavy atom. The molecule has 0 aromatic heterocycles. The number of aliphatic hydroxyl groups excluding tert-OH is 7. The number of hydrogen-bond acceptors (Lipinski definition) is 15. The van der Waals surface area contributed by atoms with Gasteiger partial charge in [-0.05, 0) is 24.6 Å².